The number of alkyl carbamates (subject to hydrolysis) is 1. The number of hydrogen-bond acceptors (Lipinski definition) is 2. The van der Waals surface area contributed by atoms with Crippen molar-refractivity contribution in [3.8, 4) is 0 Å². The second kappa shape index (κ2) is 4.56. The summed E-state index contributed by atoms with van der Waals surface area (Å²) in [5.74, 6) is 0.296. The molecule has 16 heavy (non-hydrogen) atoms. The van der Waals surface area contributed by atoms with Crippen molar-refractivity contribution in [2.45, 2.75) is 32.4 Å². The summed E-state index contributed by atoms with van der Waals surface area (Å²) in [6.07, 6.45) is 0.565. The van der Waals surface area contributed by atoms with E-state index in [4.69, 9.17) is 4.74 Å². The summed E-state index contributed by atoms with van der Waals surface area (Å²) in [6, 6.07) is 10.1. The van der Waals surface area contributed by atoms with Crippen LogP contribution < -0.4 is 5.32 Å². The van der Waals surface area contributed by atoms with Crippen molar-refractivity contribution in [1.29, 1.82) is 0 Å². The van der Waals surface area contributed by atoms with Gasteiger partial charge in [-0.25, -0.2) is 4.79 Å². The predicted octanol–water partition coefficient (Wildman–Crippen LogP) is 2.88. The van der Waals surface area contributed by atoms with Crippen LogP contribution in [0.15, 0.2) is 30.3 Å². The Balaban J connectivity index is 2.23. The number of carbonyl (C=O) groups excluding carboxylic acids is 1. The van der Waals surface area contributed by atoms with E-state index in [9.17, 15) is 4.79 Å². The zero-order valence-electron chi connectivity index (χ0n) is 9.64. The lowest BCUT2D eigenvalue weighted by Gasteiger charge is -2.36. The first-order valence-corrected chi connectivity index (χ1v) is 5.74. The van der Waals surface area contributed by atoms with Gasteiger partial charge in [-0.1, -0.05) is 44.2 Å². The number of cyclic esters (lactones) is 1. The summed E-state index contributed by atoms with van der Waals surface area (Å²) >= 11 is 0. The van der Waals surface area contributed by atoms with Crippen molar-refractivity contribution in [3.05, 3.63) is 35.9 Å². The topological polar surface area (TPSA) is 38.3 Å². The standard InChI is InChI=1S/C13H17NO2/c1-3-11-9(2)12(14-13(15)16-11)10-7-5-4-6-8-10/h4-9,11-12H,3H2,1-2H3,(H,14,15)/t9?,11-,12-/m0/s1. The van der Waals surface area contributed by atoms with Crippen LogP contribution in [0.3, 0.4) is 0 Å². The molecule has 0 saturated carbocycles. The van der Waals surface area contributed by atoms with Gasteiger partial charge in [0.15, 0.2) is 0 Å². The van der Waals surface area contributed by atoms with Crippen LogP contribution >= 0.6 is 0 Å². The predicted molar refractivity (Wildman–Crippen MR) is 62.0 cm³/mol. The molecule has 1 fully saturated rings. The van der Waals surface area contributed by atoms with Gasteiger partial charge in [0.25, 0.3) is 0 Å². The first kappa shape index (κ1) is 11.0. The smallest absolute Gasteiger partial charge is 0.407 e. The minimum absolute atomic E-state index is 0.0129. The molecule has 1 saturated heterocycles. The highest BCUT2D eigenvalue weighted by Gasteiger charge is 2.34. The highest BCUT2D eigenvalue weighted by molar-refractivity contribution is 5.69. The van der Waals surface area contributed by atoms with E-state index in [1.54, 1.807) is 0 Å². The third-order valence-electron chi connectivity index (χ3n) is 3.21. The molecule has 0 radical (unpaired) electrons. The number of benzene rings is 1. The third-order valence-corrected chi connectivity index (χ3v) is 3.21. The number of carbonyl (C=O) groups is 1. The molecule has 1 aliphatic heterocycles. The Morgan fingerprint density at radius 2 is 2.00 bits per heavy atom. The van der Waals surface area contributed by atoms with Gasteiger partial charge in [0.1, 0.15) is 6.10 Å². The second-order valence-electron chi connectivity index (χ2n) is 4.24. The van der Waals surface area contributed by atoms with Crippen LogP contribution in [-0.2, 0) is 4.74 Å². The summed E-state index contributed by atoms with van der Waals surface area (Å²) in [7, 11) is 0. The van der Waals surface area contributed by atoms with Gasteiger partial charge in [-0.2, -0.15) is 0 Å². The van der Waals surface area contributed by atoms with E-state index in [1.165, 1.54) is 0 Å². The zero-order chi connectivity index (χ0) is 11.5. The van der Waals surface area contributed by atoms with E-state index in [0.29, 0.717) is 5.92 Å². The number of rotatable bonds is 2. The van der Waals surface area contributed by atoms with Crippen LogP contribution in [0.2, 0.25) is 0 Å². The van der Waals surface area contributed by atoms with Crippen LogP contribution in [0.1, 0.15) is 31.9 Å². The molecule has 3 atom stereocenters. The largest absolute Gasteiger partial charge is 0.446 e. The Morgan fingerprint density at radius 1 is 1.31 bits per heavy atom. The molecule has 1 aromatic rings. The van der Waals surface area contributed by atoms with Gasteiger partial charge in [-0.15, -0.1) is 0 Å². The lowest BCUT2D eigenvalue weighted by atomic mass is 9.88. The molecule has 1 heterocycles. The van der Waals surface area contributed by atoms with E-state index in [-0.39, 0.29) is 18.2 Å². The van der Waals surface area contributed by atoms with Crippen molar-refractivity contribution in [3.63, 3.8) is 0 Å². The monoisotopic (exact) mass is 219 g/mol. The molecule has 0 aromatic heterocycles. The minimum atomic E-state index is -0.307. The minimum Gasteiger partial charge on any atom is -0.446 e. The molecule has 0 aliphatic carbocycles. The van der Waals surface area contributed by atoms with Crippen molar-refractivity contribution in [2.24, 2.45) is 5.92 Å². The maximum atomic E-state index is 11.4. The Bertz CT molecular complexity index is 363. The summed E-state index contributed by atoms with van der Waals surface area (Å²) in [4.78, 5) is 11.4. The van der Waals surface area contributed by atoms with Gasteiger partial charge in [-0.05, 0) is 12.0 Å². The summed E-state index contributed by atoms with van der Waals surface area (Å²) in [5, 5.41) is 2.89. The molecule has 1 unspecified atom stereocenters. The number of ether oxygens (including phenoxy) is 1. The molecular formula is C13H17NO2. The third kappa shape index (κ3) is 2.03. The Labute approximate surface area is 95.8 Å². The first-order valence-electron chi connectivity index (χ1n) is 5.74. The maximum Gasteiger partial charge on any atom is 0.407 e. The molecule has 1 amide bonds. The van der Waals surface area contributed by atoms with Gasteiger partial charge in [0, 0.05) is 5.92 Å². The molecule has 0 spiro atoms. The van der Waals surface area contributed by atoms with E-state index >= 15 is 0 Å². The number of hydrogen-bond donors (Lipinski definition) is 1. The van der Waals surface area contributed by atoms with E-state index in [2.05, 4.69) is 12.2 Å². The van der Waals surface area contributed by atoms with Gasteiger partial charge >= 0.3 is 6.09 Å². The second-order valence-corrected chi connectivity index (χ2v) is 4.24. The molecule has 0 bridgehead atoms. The van der Waals surface area contributed by atoms with Crippen molar-refractivity contribution >= 4 is 6.09 Å². The van der Waals surface area contributed by atoms with E-state index in [1.807, 2.05) is 37.3 Å². The Kier molecular flexibility index (Phi) is 3.13. The summed E-state index contributed by atoms with van der Waals surface area (Å²) in [6.45, 7) is 4.16. The summed E-state index contributed by atoms with van der Waals surface area (Å²) in [5.41, 5.74) is 1.14. The fourth-order valence-electron chi connectivity index (χ4n) is 2.25. The van der Waals surface area contributed by atoms with Crippen LogP contribution in [0.5, 0.6) is 0 Å². The fraction of sp³-hybridized carbons (Fsp3) is 0.462. The maximum absolute atomic E-state index is 11.4. The molecule has 3 heteroatoms. The SMILES string of the molecule is CC[C@@H]1OC(=O)N[C@H](c2ccccc2)C1C. The van der Waals surface area contributed by atoms with Crippen molar-refractivity contribution in [2.75, 3.05) is 0 Å². The van der Waals surface area contributed by atoms with Crippen LogP contribution in [0.25, 0.3) is 0 Å². The number of nitrogens with one attached hydrogen (secondary N) is 1. The van der Waals surface area contributed by atoms with Crippen molar-refractivity contribution < 1.29 is 9.53 Å². The van der Waals surface area contributed by atoms with Gasteiger partial charge in [0.05, 0.1) is 6.04 Å². The summed E-state index contributed by atoms with van der Waals surface area (Å²) < 4.78 is 5.25. The van der Waals surface area contributed by atoms with Crippen LogP contribution in [0, 0.1) is 5.92 Å². The van der Waals surface area contributed by atoms with Gasteiger partial charge in [0.2, 0.25) is 0 Å². The van der Waals surface area contributed by atoms with Crippen LogP contribution in [0.4, 0.5) is 4.79 Å². The number of amides is 1. The van der Waals surface area contributed by atoms with E-state index in [0.717, 1.165) is 12.0 Å². The first-order chi connectivity index (χ1) is 7.72. The molecule has 1 N–H and O–H groups in total. The molecular weight excluding hydrogens is 202 g/mol. The lowest BCUT2D eigenvalue weighted by Crippen LogP contribution is -2.46. The average molecular weight is 219 g/mol. The zero-order valence-corrected chi connectivity index (χ0v) is 9.64. The lowest BCUT2D eigenvalue weighted by molar-refractivity contribution is 0.0197. The van der Waals surface area contributed by atoms with Gasteiger partial charge in [-0.3, -0.25) is 0 Å². The molecule has 2 rings (SSSR count). The van der Waals surface area contributed by atoms with E-state index < -0.39 is 0 Å². The van der Waals surface area contributed by atoms with Gasteiger partial charge < -0.3 is 10.1 Å². The van der Waals surface area contributed by atoms with Crippen molar-refractivity contribution in [1.82, 2.24) is 5.32 Å². The highest BCUT2D eigenvalue weighted by Crippen LogP contribution is 2.30. The van der Waals surface area contributed by atoms with Crippen LogP contribution in [-0.4, -0.2) is 12.2 Å². The highest BCUT2D eigenvalue weighted by atomic mass is 16.6. The molecule has 1 aliphatic rings. The molecule has 86 valence electrons. The molecule has 1 aromatic carbocycles. The Morgan fingerprint density at radius 3 is 2.62 bits per heavy atom. The molecule has 3 nitrogen and oxygen atoms in total. The quantitative estimate of drug-likeness (QED) is 0.830. The normalized spacial score (nSPS) is 29.4. The Hall–Kier alpha value is -1.51. The fourth-order valence-corrected chi connectivity index (χ4v) is 2.25. The average Bonchev–Trinajstić information content (AvgIpc) is 2.33.